The zero-order valence-corrected chi connectivity index (χ0v) is 15.7. The average Bonchev–Trinajstić information content (AvgIpc) is 2.74. The highest BCUT2D eigenvalue weighted by Crippen LogP contribution is 2.31. The van der Waals surface area contributed by atoms with E-state index in [-0.39, 0.29) is 18.0 Å². The van der Waals surface area contributed by atoms with Crippen LogP contribution in [0.4, 0.5) is 5.69 Å². The summed E-state index contributed by atoms with van der Waals surface area (Å²) >= 11 is 0. The molecule has 0 radical (unpaired) electrons. The van der Waals surface area contributed by atoms with Gasteiger partial charge in [0.2, 0.25) is 0 Å². The molecule has 4 rings (SSSR count). The minimum absolute atomic E-state index is 0.0599. The zero-order chi connectivity index (χ0) is 20.4. The topological polar surface area (TPSA) is 94.9 Å². The molecule has 0 aliphatic carbocycles. The number of methoxy groups -OCH3 is 1. The normalized spacial score (nSPS) is 10.8. The van der Waals surface area contributed by atoms with Crippen molar-refractivity contribution in [3.8, 4) is 28.4 Å². The predicted octanol–water partition coefficient (Wildman–Crippen LogP) is 4.34. The van der Waals surface area contributed by atoms with Crippen LogP contribution in [-0.2, 0) is 6.61 Å². The Kier molecular flexibility index (Phi) is 4.83. The molecule has 0 unspecified atom stereocenters. The molecule has 0 atom stereocenters. The van der Waals surface area contributed by atoms with Crippen molar-refractivity contribution in [2.75, 3.05) is 12.8 Å². The second kappa shape index (κ2) is 7.59. The van der Waals surface area contributed by atoms with E-state index in [4.69, 9.17) is 19.6 Å². The molecule has 0 saturated heterocycles. The lowest BCUT2D eigenvalue weighted by atomic mass is 9.99. The van der Waals surface area contributed by atoms with Gasteiger partial charge in [0.05, 0.1) is 18.4 Å². The lowest BCUT2D eigenvalue weighted by Gasteiger charge is -2.14. The second-order valence-electron chi connectivity index (χ2n) is 6.48. The minimum Gasteiger partial charge on any atom is -0.506 e. The van der Waals surface area contributed by atoms with Crippen molar-refractivity contribution in [3.63, 3.8) is 0 Å². The second-order valence-corrected chi connectivity index (χ2v) is 6.48. The van der Waals surface area contributed by atoms with Gasteiger partial charge in [-0.2, -0.15) is 0 Å². The summed E-state index contributed by atoms with van der Waals surface area (Å²) in [5.41, 5.74) is 7.75. The zero-order valence-electron chi connectivity index (χ0n) is 15.7. The van der Waals surface area contributed by atoms with Gasteiger partial charge in [0, 0.05) is 17.0 Å². The molecule has 29 heavy (non-hydrogen) atoms. The Morgan fingerprint density at radius 2 is 1.72 bits per heavy atom. The number of nitrogen functional groups attached to an aromatic ring is 1. The maximum Gasteiger partial charge on any atom is 0.344 e. The van der Waals surface area contributed by atoms with Crippen molar-refractivity contribution in [2.24, 2.45) is 0 Å². The third-order valence-electron chi connectivity index (χ3n) is 4.68. The summed E-state index contributed by atoms with van der Waals surface area (Å²) in [5, 5.41) is 10.6. The first-order chi connectivity index (χ1) is 14.1. The number of nitrogens with two attached hydrogens (primary N) is 1. The summed E-state index contributed by atoms with van der Waals surface area (Å²) in [5.74, 6) is 1.07. The molecule has 0 aliphatic rings. The van der Waals surface area contributed by atoms with Gasteiger partial charge in [-0.1, -0.05) is 30.3 Å². The van der Waals surface area contributed by atoms with Crippen LogP contribution in [-0.4, -0.2) is 12.2 Å². The highest BCUT2D eigenvalue weighted by atomic mass is 16.5. The Labute approximate surface area is 166 Å². The Hall–Kier alpha value is -3.93. The first-order valence-electron chi connectivity index (χ1n) is 8.97. The van der Waals surface area contributed by atoms with Crippen LogP contribution in [0.1, 0.15) is 5.56 Å². The number of aromatic hydroxyl groups is 1. The van der Waals surface area contributed by atoms with Gasteiger partial charge < -0.3 is 24.7 Å². The molecule has 0 spiro atoms. The number of fused-ring (bicyclic) bond motifs is 1. The van der Waals surface area contributed by atoms with Crippen molar-refractivity contribution >= 4 is 16.7 Å². The van der Waals surface area contributed by atoms with Gasteiger partial charge in [0.25, 0.3) is 0 Å². The molecule has 4 aromatic rings. The Balaban J connectivity index is 1.82. The van der Waals surface area contributed by atoms with E-state index >= 15 is 0 Å². The van der Waals surface area contributed by atoms with E-state index in [1.165, 1.54) is 6.07 Å². The van der Waals surface area contributed by atoms with Crippen molar-refractivity contribution in [1.82, 2.24) is 0 Å². The summed E-state index contributed by atoms with van der Waals surface area (Å²) in [6.45, 7) is 0.108. The molecule has 0 aliphatic heterocycles. The molecule has 3 N–H and O–H groups in total. The summed E-state index contributed by atoms with van der Waals surface area (Å²) < 4.78 is 16.6. The minimum atomic E-state index is -0.451. The lowest BCUT2D eigenvalue weighted by molar-refractivity contribution is 0.305. The maximum atomic E-state index is 12.8. The van der Waals surface area contributed by atoms with Gasteiger partial charge in [-0.3, -0.25) is 0 Å². The standard InChI is InChI=1S/C23H19NO5/c1-27-15-8-6-14(7-9-15)22-18(13-28-16-10-11-19(24)20(25)12-16)17-4-2-3-5-21(17)29-23(22)26/h2-12,25H,13,24H2,1H3. The molecule has 1 heterocycles. The summed E-state index contributed by atoms with van der Waals surface area (Å²) in [6, 6.07) is 19.1. The molecule has 0 fully saturated rings. The number of phenolic OH excluding ortho intramolecular Hbond substituents is 1. The smallest absolute Gasteiger partial charge is 0.344 e. The molecule has 0 bridgehead atoms. The third-order valence-corrected chi connectivity index (χ3v) is 4.68. The van der Waals surface area contributed by atoms with Crippen LogP contribution in [0, 0.1) is 0 Å². The van der Waals surface area contributed by atoms with Gasteiger partial charge >= 0.3 is 5.63 Å². The number of anilines is 1. The fourth-order valence-electron chi connectivity index (χ4n) is 3.18. The lowest BCUT2D eigenvalue weighted by Crippen LogP contribution is -2.10. The number of phenols is 1. The van der Waals surface area contributed by atoms with E-state index in [9.17, 15) is 9.90 Å². The monoisotopic (exact) mass is 389 g/mol. The number of ether oxygens (including phenoxy) is 2. The molecule has 1 aromatic heterocycles. The maximum absolute atomic E-state index is 12.8. The van der Waals surface area contributed by atoms with Crippen molar-refractivity contribution in [1.29, 1.82) is 0 Å². The quantitative estimate of drug-likeness (QED) is 0.300. The van der Waals surface area contributed by atoms with E-state index < -0.39 is 5.63 Å². The fourth-order valence-corrected chi connectivity index (χ4v) is 3.18. The Bertz CT molecular complexity index is 1230. The summed E-state index contributed by atoms with van der Waals surface area (Å²) in [7, 11) is 1.58. The third kappa shape index (κ3) is 3.60. The van der Waals surface area contributed by atoms with Crippen molar-refractivity contribution in [3.05, 3.63) is 82.7 Å². The number of rotatable bonds is 5. The van der Waals surface area contributed by atoms with E-state index in [1.807, 2.05) is 12.1 Å². The number of para-hydroxylation sites is 1. The van der Waals surface area contributed by atoms with E-state index in [1.54, 1.807) is 55.6 Å². The number of hydrogen-bond donors (Lipinski definition) is 2. The molecule has 6 heteroatoms. The van der Waals surface area contributed by atoms with Crippen LogP contribution in [0.15, 0.2) is 75.9 Å². The van der Waals surface area contributed by atoms with Gasteiger partial charge in [-0.15, -0.1) is 0 Å². The first-order valence-corrected chi connectivity index (χ1v) is 8.97. The number of benzene rings is 3. The van der Waals surface area contributed by atoms with Crippen LogP contribution >= 0.6 is 0 Å². The fraction of sp³-hybridized carbons (Fsp3) is 0.0870. The Morgan fingerprint density at radius 3 is 2.45 bits per heavy atom. The van der Waals surface area contributed by atoms with Crippen LogP contribution in [0.2, 0.25) is 0 Å². The average molecular weight is 389 g/mol. The largest absolute Gasteiger partial charge is 0.506 e. The van der Waals surface area contributed by atoms with Crippen LogP contribution in [0.5, 0.6) is 17.2 Å². The van der Waals surface area contributed by atoms with E-state index in [0.717, 1.165) is 5.39 Å². The van der Waals surface area contributed by atoms with Gasteiger partial charge in [-0.25, -0.2) is 4.79 Å². The molecular formula is C23H19NO5. The summed E-state index contributed by atoms with van der Waals surface area (Å²) in [4.78, 5) is 12.8. The van der Waals surface area contributed by atoms with Crippen LogP contribution < -0.4 is 20.8 Å². The predicted molar refractivity (Wildman–Crippen MR) is 111 cm³/mol. The number of hydrogen-bond acceptors (Lipinski definition) is 6. The molecule has 146 valence electrons. The first kappa shape index (κ1) is 18.4. The summed E-state index contributed by atoms with van der Waals surface area (Å²) in [6.07, 6.45) is 0. The van der Waals surface area contributed by atoms with Gasteiger partial charge in [0.1, 0.15) is 29.4 Å². The molecule has 3 aromatic carbocycles. The molecule has 0 saturated carbocycles. The van der Waals surface area contributed by atoms with Gasteiger partial charge in [-0.05, 0) is 35.9 Å². The van der Waals surface area contributed by atoms with Crippen LogP contribution in [0.3, 0.4) is 0 Å². The SMILES string of the molecule is COc1ccc(-c2c(COc3ccc(N)c(O)c3)c3ccccc3oc2=O)cc1. The Morgan fingerprint density at radius 1 is 1.00 bits per heavy atom. The van der Waals surface area contributed by atoms with Gasteiger partial charge in [0.15, 0.2) is 0 Å². The molecule has 0 amide bonds. The highest BCUT2D eigenvalue weighted by Gasteiger charge is 2.17. The van der Waals surface area contributed by atoms with E-state index in [0.29, 0.717) is 33.8 Å². The van der Waals surface area contributed by atoms with Crippen molar-refractivity contribution < 1.29 is 19.0 Å². The molecule has 6 nitrogen and oxygen atoms in total. The van der Waals surface area contributed by atoms with Crippen molar-refractivity contribution in [2.45, 2.75) is 6.61 Å². The molecular weight excluding hydrogens is 370 g/mol. The van der Waals surface area contributed by atoms with E-state index in [2.05, 4.69) is 0 Å². The highest BCUT2D eigenvalue weighted by molar-refractivity contribution is 5.86. The van der Waals surface area contributed by atoms with Crippen LogP contribution in [0.25, 0.3) is 22.1 Å².